The molecule has 1 aliphatic rings. The van der Waals surface area contributed by atoms with Crippen molar-refractivity contribution in [1.29, 1.82) is 5.26 Å². The van der Waals surface area contributed by atoms with E-state index in [0.29, 0.717) is 23.3 Å². The Kier molecular flexibility index (Phi) is 3.61. The molecule has 25 heavy (non-hydrogen) atoms. The van der Waals surface area contributed by atoms with E-state index in [1.54, 1.807) is 18.2 Å². The summed E-state index contributed by atoms with van der Waals surface area (Å²) in [5, 5.41) is 19.2. The number of ether oxygens (including phenoxy) is 1. The first-order valence-corrected chi connectivity index (χ1v) is 8.02. The fraction of sp³-hybridized carbons (Fsp3) is 0.294. The molecule has 0 amide bonds. The predicted octanol–water partition coefficient (Wildman–Crippen LogP) is 1.97. The molecule has 0 bridgehead atoms. The number of rotatable bonds is 4. The van der Waals surface area contributed by atoms with Crippen molar-refractivity contribution >= 4 is 17.0 Å². The van der Waals surface area contributed by atoms with Crippen LogP contribution in [0.3, 0.4) is 0 Å². The van der Waals surface area contributed by atoms with Gasteiger partial charge in [-0.2, -0.15) is 20.2 Å². The zero-order valence-corrected chi connectivity index (χ0v) is 13.4. The Hall–Kier alpha value is -3.34. The van der Waals surface area contributed by atoms with Crippen molar-refractivity contribution in [2.24, 2.45) is 0 Å². The summed E-state index contributed by atoms with van der Waals surface area (Å²) >= 11 is 0. The van der Waals surface area contributed by atoms with Gasteiger partial charge < -0.3 is 15.6 Å². The average Bonchev–Trinajstić information content (AvgIpc) is 2.88. The van der Waals surface area contributed by atoms with Gasteiger partial charge in [0.05, 0.1) is 18.2 Å². The lowest BCUT2D eigenvalue weighted by Gasteiger charge is -2.25. The van der Waals surface area contributed by atoms with Gasteiger partial charge in [0.1, 0.15) is 6.10 Å². The molecule has 0 aliphatic heterocycles. The van der Waals surface area contributed by atoms with Crippen molar-refractivity contribution in [3.8, 4) is 18.1 Å². The number of benzene rings is 1. The van der Waals surface area contributed by atoms with Crippen LogP contribution in [-0.2, 0) is 6.54 Å². The van der Waals surface area contributed by atoms with Crippen LogP contribution in [-0.4, -0.2) is 30.7 Å². The number of fused-ring (bicyclic) bond motifs is 1. The number of aromatic nitrogens is 4. The second kappa shape index (κ2) is 5.94. The fourth-order valence-corrected chi connectivity index (χ4v) is 2.75. The predicted molar refractivity (Wildman–Crippen MR) is 89.9 cm³/mol. The number of imidazole rings is 1. The standard InChI is InChI=1S/C17H16N6O2/c18-8-10-3-1-4-11(7-10)9-23-15-13(20-17(23)24)14(19)21-16(22-15)25-12-5-2-6-12/h1,3-4,7,12H,2,5-6,9H2,(H,20,24)(H2,19,21,22). The summed E-state index contributed by atoms with van der Waals surface area (Å²) in [6, 6.07) is 9.21. The normalized spacial score (nSPS) is 14.2. The zero-order valence-electron chi connectivity index (χ0n) is 13.4. The van der Waals surface area contributed by atoms with Gasteiger partial charge >= 0.3 is 6.01 Å². The highest BCUT2D eigenvalue weighted by atomic mass is 16.5. The van der Waals surface area contributed by atoms with Crippen LogP contribution < -0.4 is 10.5 Å². The third-order valence-electron chi connectivity index (χ3n) is 4.30. The topological polar surface area (TPSA) is 123 Å². The van der Waals surface area contributed by atoms with E-state index in [1.807, 2.05) is 6.07 Å². The number of hydrogen-bond donors (Lipinski definition) is 2. The molecule has 0 atom stereocenters. The monoisotopic (exact) mass is 336 g/mol. The highest BCUT2D eigenvalue weighted by Crippen LogP contribution is 2.28. The second-order valence-corrected chi connectivity index (χ2v) is 6.04. The number of aromatic hydroxyl groups is 1. The first-order chi connectivity index (χ1) is 12.1. The highest BCUT2D eigenvalue weighted by Gasteiger charge is 2.22. The molecule has 1 saturated carbocycles. The minimum Gasteiger partial charge on any atom is -0.480 e. The molecule has 0 saturated heterocycles. The van der Waals surface area contributed by atoms with Crippen LogP contribution in [0.5, 0.6) is 12.0 Å². The van der Waals surface area contributed by atoms with Crippen LogP contribution >= 0.6 is 0 Å². The lowest BCUT2D eigenvalue weighted by Crippen LogP contribution is -2.25. The van der Waals surface area contributed by atoms with Crippen LogP contribution in [0.4, 0.5) is 5.82 Å². The lowest BCUT2D eigenvalue weighted by atomic mass is 9.96. The Labute approximate surface area is 143 Å². The van der Waals surface area contributed by atoms with Gasteiger partial charge in [-0.05, 0) is 37.0 Å². The third kappa shape index (κ3) is 2.80. The van der Waals surface area contributed by atoms with Gasteiger partial charge in [0, 0.05) is 0 Å². The summed E-state index contributed by atoms with van der Waals surface area (Å²) in [5.74, 6) is 0.166. The lowest BCUT2D eigenvalue weighted by molar-refractivity contribution is 0.109. The summed E-state index contributed by atoms with van der Waals surface area (Å²) < 4.78 is 7.25. The van der Waals surface area contributed by atoms with Gasteiger partial charge in [-0.3, -0.25) is 4.57 Å². The molecule has 1 aromatic carbocycles. The van der Waals surface area contributed by atoms with Gasteiger partial charge in [-0.1, -0.05) is 12.1 Å². The molecule has 8 heteroatoms. The largest absolute Gasteiger partial charge is 0.480 e. The maximum absolute atomic E-state index is 10.2. The average molecular weight is 336 g/mol. The molecule has 2 aromatic heterocycles. The van der Waals surface area contributed by atoms with E-state index in [0.717, 1.165) is 24.8 Å². The summed E-state index contributed by atoms with van der Waals surface area (Å²) in [6.45, 7) is 0.303. The van der Waals surface area contributed by atoms with E-state index < -0.39 is 0 Å². The number of nitriles is 1. The van der Waals surface area contributed by atoms with Crippen molar-refractivity contribution in [3.05, 3.63) is 35.4 Å². The molecule has 3 N–H and O–H groups in total. The van der Waals surface area contributed by atoms with Crippen molar-refractivity contribution < 1.29 is 9.84 Å². The SMILES string of the molecule is N#Cc1cccc(Cn2c(O)nc3c(N)nc(OC4CCC4)nc32)c1. The molecule has 1 fully saturated rings. The van der Waals surface area contributed by atoms with Gasteiger partial charge in [0.25, 0.3) is 6.01 Å². The van der Waals surface area contributed by atoms with Gasteiger partial charge in [-0.25, -0.2) is 0 Å². The van der Waals surface area contributed by atoms with E-state index >= 15 is 0 Å². The molecule has 126 valence electrons. The Morgan fingerprint density at radius 3 is 2.88 bits per heavy atom. The Morgan fingerprint density at radius 2 is 2.16 bits per heavy atom. The zero-order chi connectivity index (χ0) is 17.4. The molecule has 0 spiro atoms. The first kappa shape index (κ1) is 15.2. The first-order valence-electron chi connectivity index (χ1n) is 8.02. The van der Waals surface area contributed by atoms with Crippen LogP contribution in [0.25, 0.3) is 11.2 Å². The summed E-state index contributed by atoms with van der Waals surface area (Å²) in [4.78, 5) is 12.6. The fourth-order valence-electron chi connectivity index (χ4n) is 2.75. The molecular formula is C17H16N6O2. The Morgan fingerprint density at radius 1 is 1.32 bits per heavy atom. The summed E-state index contributed by atoms with van der Waals surface area (Å²) in [6.07, 6.45) is 3.21. The van der Waals surface area contributed by atoms with Crippen LogP contribution in [0.1, 0.15) is 30.4 Å². The molecule has 0 radical (unpaired) electrons. The molecular weight excluding hydrogens is 320 g/mol. The van der Waals surface area contributed by atoms with Crippen molar-refractivity contribution in [3.63, 3.8) is 0 Å². The molecule has 2 heterocycles. The van der Waals surface area contributed by atoms with Crippen LogP contribution in [0.15, 0.2) is 24.3 Å². The summed E-state index contributed by atoms with van der Waals surface area (Å²) in [5.41, 5.74) is 8.07. The molecule has 8 nitrogen and oxygen atoms in total. The van der Waals surface area contributed by atoms with Crippen molar-refractivity contribution in [1.82, 2.24) is 19.5 Å². The molecule has 4 rings (SSSR count). The number of nitrogens with zero attached hydrogens (tertiary/aromatic N) is 5. The van der Waals surface area contributed by atoms with Crippen LogP contribution in [0, 0.1) is 11.3 Å². The highest BCUT2D eigenvalue weighted by molar-refractivity contribution is 5.83. The summed E-state index contributed by atoms with van der Waals surface area (Å²) in [7, 11) is 0. The minimum absolute atomic E-state index is 0.120. The Bertz CT molecular complexity index is 987. The quantitative estimate of drug-likeness (QED) is 0.746. The molecule has 3 aromatic rings. The number of hydrogen-bond acceptors (Lipinski definition) is 7. The third-order valence-corrected chi connectivity index (χ3v) is 4.30. The number of nitrogens with two attached hydrogens (primary N) is 1. The van der Waals surface area contributed by atoms with E-state index in [-0.39, 0.29) is 23.9 Å². The maximum atomic E-state index is 10.2. The van der Waals surface area contributed by atoms with Gasteiger partial charge in [-0.15, -0.1) is 0 Å². The second-order valence-electron chi connectivity index (χ2n) is 6.04. The Balaban J connectivity index is 1.74. The van der Waals surface area contributed by atoms with Gasteiger partial charge in [0.2, 0.25) is 0 Å². The molecule has 0 unspecified atom stereocenters. The molecule has 1 aliphatic carbocycles. The van der Waals surface area contributed by atoms with Crippen molar-refractivity contribution in [2.75, 3.05) is 5.73 Å². The van der Waals surface area contributed by atoms with Crippen LogP contribution in [0.2, 0.25) is 0 Å². The smallest absolute Gasteiger partial charge is 0.320 e. The van der Waals surface area contributed by atoms with Crippen molar-refractivity contribution in [2.45, 2.75) is 31.9 Å². The maximum Gasteiger partial charge on any atom is 0.320 e. The van der Waals surface area contributed by atoms with E-state index in [9.17, 15) is 5.11 Å². The van der Waals surface area contributed by atoms with E-state index in [2.05, 4.69) is 21.0 Å². The van der Waals surface area contributed by atoms with Gasteiger partial charge in [0.15, 0.2) is 17.0 Å². The number of nitrogen functional groups attached to an aromatic ring is 1. The van der Waals surface area contributed by atoms with E-state index in [4.69, 9.17) is 15.7 Å². The minimum atomic E-state index is -0.209. The van der Waals surface area contributed by atoms with E-state index in [1.165, 1.54) is 4.57 Å². The number of anilines is 1.